The fourth-order valence-corrected chi connectivity index (χ4v) is 7.13. The Morgan fingerprint density at radius 2 is 2.10 bits per heavy atom. The highest BCUT2D eigenvalue weighted by Crippen LogP contribution is 2.40. The van der Waals surface area contributed by atoms with Gasteiger partial charge in [0.2, 0.25) is 0 Å². The quantitative estimate of drug-likeness (QED) is 0.176. The number of aromatic nitrogens is 4. The second-order valence-corrected chi connectivity index (χ2v) is 12.1. The first-order valence-corrected chi connectivity index (χ1v) is 15.6. The number of pyridine rings is 1. The van der Waals surface area contributed by atoms with Crippen molar-refractivity contribution in [3.8, 4) is 5.75 Å². The molecule has 5 aromatic rings. The van der Waals surface area contributed by atoms with Crippen LogP contribution in [-0.4, -0.2) is 50.1 Å². The first kappa shape index (κ1) is 28.6. The van der Waals surface area contributed by atoms with Crippen LogP contribution in [0.15, 0.2) is 54.0 Å². The van der Waals surface area contributed by atoms with Crippen LogP contribution in [0, 0.1) is 0 Å². The van der Waals surface area contributed by atoms with Crippen LogP contribution in [0.2, 0.25) is 5.02 Å². The molecule has 0 spiro atoms. The minimum Gasteiger partial charge on any atom is -0.487 e. The minimum absolute atomic E-state index is 0.0639. The van der Waals surface area contributed by atoms with Gasteiger partial charge in [-0.1, -0.05) is 35.9 Å². The SMILES string of the molecule is CCOC(=O)C[C@H](c1cc(CN2C[C@@H](CC)Oc3cccnc3[C@@H]2C)c2sccc2c1)c1ccc2c(nnn2C)c1Cl. The number of halogens is 1. The number of aryl methyl sites for hydroxylation is 1. The fourth-order valence-electron chi connectivity index (χ4n) is 5.91. The largest absolute Gasteiger partial charge is 0.487 e. The summed E-state index contributed by atoms with van der Waals surface area (Å²) in [5, 5.41) is 12.2. The first-order valence-electron chi connectivity index (χ1n) is 14.4. The molecule has 0 amide bonds. The number of nitrogens with zero attached hydrogens (tertiary/aromatic N) is 5. The second kappa shape index (κ2) is 12.0. The van der Waals surface area contributed by atoms with Crippen molar-refractivity contribution in [1.29, 1.82) is 0 Å². The molecule has 0 bridgehead atoms. The summed E-state index contributed by atoms with van der Waals surface area (Å²) in [7, 11) is 1.84. The van der Waals surface area contributed by atoms with Gasteiger partial charge in [-0.15, -0.1) is 16.4 Å². The summed E-state index contributed by atoms with van der Waals surface area (Å²) in [6, 6.07) is 14.5. The van der Waals surface area contributed by atoms with Gasteiger partial charge in [-0.05, 0) is 78.1 Å². The molecule has 0 unspecified atom stereocenters. The predicted octanol–water partition coefficient (Wildman–Crippen LogP) is 7.05. The fraction of sp³-hybridized carbons (Fsp3) is 0.375. The molecule has 8 nitrogen and oxygen atoms in total. The van der Waals surface area contributed by atoms with Crippen molar-refractivity contribution in [2.45, 2.75) is 58.2 Å². The highest BCUT2D eigenvalue weighted by atomic mass is 35.5. The van der Waals surface area contributed by atoms with E-state index in [1.807, 2.05) is 44.4 Å². The first-order chi connectivity index (χ1) is 20.4. The maximum Gasteiger partial charge on any atom is 0.306 e. The summed E-state index contributed by atoms with van der Waals surface area (Å²) >= 11 is 8.71. The minimum atomic E-state index is -0.318. The standard InChI is InChI=1S/C32H34ClN5O3S/c1-5-23-18-38(19(3)30-27(41-23)8-7-12-34-30)17-22-15-21(14-20-11-13-42-32(20)22)25(16-28(39)40-6-2)24-9-10-26-31(29(24)33)35-36-37(26)4/h7-15,19,23,25H,5-6,16-18H2,1-4H3/t19-,23+,25+/m0/s1. The van der Waals surface area contributed by atoms with Gasteiger partial charge in [0.25, 0.3) is 0 Å². The van der Waals surface area contributed by atoms with Crippen LogP contribution in [0.25, 0.3) is 21.1 Å². The van der Waals surface area contributed by atoms with Gasteiger partial charge < -0.3 is 9.47 Å². The summed E-state index contributed by atoms with van der Waals surface area (Å²) in [6.45, 7) is 7.99. The van der Waals surface area contributed by atoms with Crippen LogP contribution in [0.1, 0.15) is 68.0 Å². The molecule has 6 rings (SSSR count). The van der Waals surface area contributed by atoms with Crippen molar-refractivity contribution < 1.29 is 14.3 Å². The zero-order valence-corrected chi connectivity index (χ0v) is 25.8. The van der Waals surface area contributed by atoms with Crippen LogP contribution in [0.4, 0.5) is 0 Å². The Balaban J connectivity index is 1.44. The van der Waals surface area contributed by atoms with Crippen molar-refractivity contribution in [2.24, 2.45) is 7.05 Å². The van der Waals surface area contributed by atoms with E-state index in [9.17, 15) is 4.79 Å². The number of rotatable bonds is 8. The number of carbonyl (C=O) groups is 1. The lowest BCUT2D eigenvalue weighted by Crippen LogP contribution is -2.34. The number of fused-ring (bicyclic) bond motifs is 3. The molecule has 42 heavy (non-hydrogen) atoms. The summed E-state index contributed by atoms with van der Waals surface area (Å²) < 4.78 is 14.7. The Labute approximate surface area is 254 Å². The van der Waals surface area contributed by atoms with E-state index in [0.29, 0.717) is 23.7 Å². The predicted molar refractivity (Wildman–Crippen MR) is 166 cm³/mol. The molecule has 0 fully saturated rings. The van der Waals surface area contributed by atoms with E-state index in [4.69, 9.17) is 26.1 Å². The maximum absolute atomic E-state index is 12.9. The van der Waals surface area contributed by atoms with E-state index < -0.39 is 0 Å². The lowest BCUT2D eigenvalue weighted by Gasteiger charge is -2.29. The summed E-state index contributed by atoms with van der Waals surface area (Å²) in [4.78, 5) is 20.1. The molecule has 2 aromatic carbocycles. The molecule has 4 heterocycles. The molecule has 3 atom stereocenters. The molecule has 0 radical (unpaired) electrons. The van der Waals surface area contributed by atoms with Crippen LogP contribution < -0.4 is 4.74 Å². The van der Waals surface area contributed by atoms with Crippen LogP contribution in [-0.2, 0) is 23.1 Å². The van der Waals surface area contributed by atoms with Gasteiger partial charge in [0.1, 0.15) is 17.4 Å². The van der Waals surface area contributed by atoms with E-state index in [-0.39, 0.29) is 30.5 Å². The summed E-state index contributed by atoms with van der Waals surface area (Å²) in [5.41, 5.74) is 5.46. The van der Waals surface area contributed by atoms with Gasteiger partial charge in [-0.25, -0.2) is 4.68 Å². The van der Waals surface area contributed by atoms with Gasteiger partial charge in [0.15, 0.2) is 0 Å². The Kier molecular flexibility index (Phi) is 8.16. The smallest absolute Gasteiger partial charge is 0.306 e. The van der Waals surface area contributed by atoms with Gasteiger partial charge >= 0.3 is 5.97 Å². The molecule has 3 aromatic heterocycles. The Bertz CT molecular complexity index is 1750. The number of carbonyl (C=O) groups excluding carboxylic acids is 1. The Morgan fingerprint density at radius 3 is 2.90 bits per heavy atom. The molecule has 1 aliphatic rings. The number of hydrogen-bond acceptors (Lipinski definition) is 8. The highest BCUT2D eigenvalue weighted by molar-refractivity contribution is 7.17. The third-order valence-electron chi connectivity index (χ3n) is 8.16. The van der Waals surface area contributed by atoms with E-state index in [1.54, 1.807) is 16.0 Å². The zero-order chi connectivity index (χ0) is 29.4. The molecule has 1 aliphatic heterocycles. The number of thiophene rings is 1. The van der Waals surface area contributed by atoms with E-state index in [0.717, 1.165) is 46.4 Å². The number of esters is 1. The molecule has 0 aliphatic carbocycles. The topological polar surface area (TPSA) is 82.4 Å². The zero-order valence-electron chi connectivity index (χ0n) is 24.2. The average molecular weight is 604 g/mol. The lowest BCUT2D eigenvalue weighted by molar-refractivity contribution is -0.143. The van der Waals surface area contributed by atoms with Gasteiger partial charge in [0.05, 0.1) is 35.3 Å². The molecule has 0 N–H and O–H groups in total. The normalized spacial score (nSPS) is 18.0. The monoisotopic (exact) mass is 603 g/mol. The number of hydrogen-bond donors (Lipinski definition) is 0. The molecule has 218 valence electrons. The average Bonchev–Trinajstić information content (AvgIpc) is 3.59. The number of benzene rings is 2. The molecule has 0 saturated carbocycles. The Hall–Kier alpha value is -3.53. The van der Waals surface area contributed by atoms with Crippen molar-refractivity contribution in [2.75, 3.05) is 13.2 Å². The summed E-state index contributed by atoms with van der Waals surface area (Å²) in [6.07, 6.45) is 2.96. The highest BCUT2D eigenvalue weighted by Gasteiger charge is 2.30. The van der Waals surface area contributed by atoms with Gasteiger partial charge in [0, 0.05) is 37.0 Å². The third kappa shape index (κ3) is 5.37. The Morgan fingerprint density at radius 1 is 1.24 bits per heavy atom. The molecular weight excluding hydrogens is 570 g/mol. The number of ether oxygens (including phenoxy) is 2. The van der Waals surface area contributed by atoms with E-state index in [2.05, 4.69) is 52.6 Å². The van der Waals surface area contributed by atoms with Crippen molar-refractivity contribution >= 4 is 50.0 Å². The van der Waals surface area contributed by atoms with Gasteiger partial charge in [-0.3, -0.25) is 14.7 Å². The van der Waals surface area contributed by atoms with Crippen molar-refractivity contribution in [3.63, 3.8) is 0 Å². The second-order valence-electron chi connectivity index (χ2n) is 10.8. The van der Waals surface area contributed by atoms with Crippen LogP contribution >= 0.6 is 22.9 Å². The van der Waals surface area contributed by atoms with E-state index >= 15 is 0 Å². The van der Waals surface area contributed by atoms with Gasteiger partial charge in [-0.2, -0.15) is 0 Å². The van der Waals surface area contributed by atoms with Crippen LogP contribution in [0.5, 0.6) is 5.75 Å². The molecular formula is C32H34ClN5O3S. The van der Waals surface area contributed by atoms with Crippen LogP contribution in [0.3, 0.4) is 0 Å². The summed E-state index contributed by atoms with van der Waals surface area (Å²) in [5.74, 6) is 0.274. The van der Waals surface area contributed by atoms with Crippen molar-refractivity contribution in [1.82, 2.24) is 24.9 Å². The molecule has 0 saturated heterocycles. The van der Waals surface area contributed by atoms with E-state index in [1.165, 1.54) is 10.3 Å². The maximum atomic E-state index is 12.9. The third-order valence-corrected chi connectivity index (χ3v) is 9.56. The lowest BCUT2D eigenvalue weighted by atomic mass is 9.86. The molecule has 10 heteroatoms. The van der Waals surface area contributed by atoms with Crippen molar-refractivity contribution in [3.05, 3.63) is 81.4 Å².